The van der Waals surface area contributed by atoms with Gasteiger partial charge in [0.2, 0.25) is 0 Å². The largest absolute Gasteiger partial charge is 0.396 e. The van der Waals surface area contributed by atoms with Crippen LogP contribution < -0.4 is 5.32 Å². The summed E-state index contributed by atoms with van der Waals surface area (Å²) in [4.78, 5) is 10.8. The van der Waals surface area contributed by atoms with Crippen molar-refractivity contribution in [2.24, 2.45) is 0 Å². The van der Waals surface area contributed by atoms with E-state index in [1.165, 1.54) is 0 Å². The second-order valence-corrected chi connectivity index (χ2v) is 4.60. The summed E-state index contributed by atoms with van der Waals surface area (Å²) in [5, 5.41) is 2.93. The number of hydrogen-bond acceptors (Lipinski definition) is 2. The Bertz CT molecular complexity index is 437. The molecule has 0 aliphatic heterocycles. The zero-order chi connectivity index (χ0) is 18.9. The average molecular weight is 388 g/mol. The molecular weight excluding hydrogens is 380 g/mol. The number of carbonyl (C=O) groups is 1. The maximum absolute atomic E-state index is 13.1. The lowest BCUT2D eigenvalue weighted by Crippen LogP contribution is -2.69. The first-order valence-electron chi connectivity index (χ1n) is 5.45. The van der Waals surface area contributed by atoms with Crippen molar-refractivity contribution in [2.45, 2.75) is 35.5 Å². The van der Waals surface area contributed by atoms with E-state index in [-0.39, 0.29) is 0 Å². The molecule has 3 nitrogen and oxygen atoms in total. The Morgan fingerprint density at radius 1 is 0.870 bits per heavy atom. The normalized spacial score (nSPS) is 14.8. The van der Waals surface area contributed by atoms with Gasteiger partial charge in [-0.2, -0.15) is 43.9 Å². The number of nitrogens with one attached hydrogen (secondary N) is 1. The molecule has 14 heteroatoms. The van der Waals surface area contributed by atoms with Gasteiger partial charge in [-0.25, -0.2) is 0 Å². The molecule has 0 aromatic rings. The summed E-state index contributed by atoms with van der Waals surface area (Å²) in [5.41, 5.74) is 0. The molecule has 0 aliphatic carbocycles. The van der Waals surface area contributed by atoms with E-state index >= 15 is 0 Å². The third kappa shape index (κ3) is 3.59. The topological polar surface area (TPSA) is 49.3 Å². The molecule has 2 N–H and O–H groups in total. The van der Waals surface area contributed by atoms with Crippen molar-refractivity contribution in [2.75, 3.05) is 13.2 Å². The van der Waals surface area contributed by atoms with Gasteiger partial charge in [-0.1, -0.05) is 0 Å². The van der Waals surface area contributed by atoms with E-state index in [4.69, 9.17) is 5.11 Å². The lowest BCUT2D eigenvalue weighted by atomic mass is 9.98. The van der Waals surface area contributed by atoms with E-state index in [1.54, 1.807) is 0 Å². The van der Waals surface area contributed by atoms with Crippen LogP contribution in [0.15, 0.2) is 0 Å². The van der Waals surface area contributed by atoms with Crippen LogP contribution in [-0.2, 0) is 4.79 Å². The van der Waals surface area contributed by atoms with Crippen LogP contribution in [0, 0.1) is 0 Å². The number of amides is 1. The van der Waals surface area contributed by atoms with Gasteiger partial charge in [-0.3, -0.25) is 4.79 Å². The van der Waals surface area contributed by atoms with Crippen LogP contribution in [0.5, 0.6) is 0 Å². The van der Waals surface area contributed by atoms with E-state index in [1.807, 2.05) is 0 Å². The van der Waals surface area contributed by atoms with Crippen molar-refractivity contribution < 1.29 is 53.8 Å². The van der Waals surface area contributed by atoms with Gasteiger partial charge in [-0.15, -0.1) is 0 Å². The molecule has 0 aliphatic rings. The number of aliphatic hydroxyl groups is 1. The summed E-state index contributed by atoms with van der Waals surface area (Å²) in [5.74, 6) is -31.3. The van der Waals surface area contributed by atoms with Crippen molar-refractivity contribution in [3.05, 3.63) is 0 Å². The van der Waals surface area contributed by atoms with E-state index in [0.29, 0.717) is 0 Å². The van der Waals surface area contributed by atoms with Gasteiger partial charge < -0.3 is 10.4 Å². The molecule has 0 unspecified atom stereocenters. The standard InChI is InChI=1S/C9H8ClF10NO2/c10-9(19,20)8(17,18)7(15,16)6(13,14)5(11,12)4(23)21-2-1-3-22/h22H,1-3H2,(H,21,23). The Kier molecular flexibility index (Phi) is 6.22. The van der Waals surface area contributed by atoms with Gasteiger partial charge in [-0.05, 0) is 18.0 Å². The molecule has 0 heterocycles. The highest BCUT2D eigenvalue weighted by molar-refractivity contribution is 6.22. The van der Waals surface area contributed by atoms with Crippen LogP contribution in [0.4, 0.5) is 43.9 Å². The third-order valence-corrected chi connectivity index (χ3v) is 2.68. The molecule has 0 aromatic carbocycles. The number of halogens is 11. The molecule has 0 atom stereocenters. The number of aliphatic hydroxyl groups excluding tert-OH is 1. The van der Waals surface area contributed by atoms with Crippen LogP contribution in [0.3, 0.4) is 0 Å². The second-order valence-electron chi connectivity index (χ2n) is 4.13. The lowest BCUT2D eigenvalue weighted by molar-refractivity contribution is -0.382. The quantitative estimate of drug-likeness (QED) is 0.382. The van der Waals surface area contributed by atoms with Gasteiger partial charge >= 0.3 is 29.1 Å². The Labute approximate surface area is 126 Å². The lowest BCUT2D eigenvalue weighted by Gasteiger charge is -2.37. The van der Waals surface area contributed by atoms with Crippen LogP contribution >= 0.6 is 11.6 Å². The smallest absolute Gasteiger partial charge is 0.393 e. The molecule has 0 aromatic heterocycles. The molecule has 0 bridgehead atoms. The molecule has 23 heavy (non-hydrogen) atoms. The van der Waals surface area contributed by atoms with E-state index in [2.05, 4.69) is 11.6 Å². The zero-order valence-electron chi connectivity index (χ0n) is 10.6. The van der Waals surface area contributed by atoms with Crippen LogP contribution in [-0.4, -0.2) is 53.2 Å². The van der Waals surface area contributed by atoms with Crippen molar-refractivity contribution in [3.63, 3.8) is 0 Å². The summed E-state index contributed by atoms with van der Waals surface area (Å²) in [6.45, 7) is -1.61. The number of rotatable bonds is 8. The molecule has 0 radical (unpaired) electrons. The summed E-state index contributed by atoms with van der Waals surface area (Å²) in [6, 6.07) is 0. The van der Waals surface area contributed by atoms with Crippen molar-refractivity contribution in [1.29, 1.82) is 0 Å². The predicted octanol–water partition coefficient (Wildman–Crippen LogP) is 2.86. The van der Waals surface area contributed by atoms with Gasteiger partial charge in [0.25, 0.3) is 5.91 Å². The summed E-state index contributed by atoms with van der Waals surface area (Å²) in [7, 11) is 0. The molecule has 0 spiro atoms. The van der Waals surface area contributed by atoms with E-state index in [9.17, 15) is 48.7 Å². The maximum Gasteiger partial charge on any atom is 0.393 e. The predicted molar refractivity (Wildman–Crippen MR) is 55.3 cm³/mol. The first kappa shape index (κ1) is 22.0. The molecule has 0 saturated carbocycles. The van der Waals surface area contributed by atoms with Crippen LogP contribution in [0.25, 0.3) is 0 Å². The number of carbonyl (C=O) groups excluding carboxylic acids is 1. The summed E-state index contributed by atoms with van der Waals surface area (Å²) < 4.78 is 128. The van der Waals surface area contributed by atoms with Crippen molar-refractivity contribution in [1.82, 2.24) is 5.32 Å². The first-order valence-corrected chi connectivity index (χ1v) is 5.83. The first-order chi connectivity index (χ1) is 9.98. The highest BCUT2D eigenvalue weighted by atomic mass is 35.5. The number of alkyl halides is 11. The van der Waals surface area contributed by atoms with E-state index in [0.717, 1.165) is 5.32 Å². The fourth-order valence-electron chi connectivity index (χ4n) is 1.11. The highest BCUT2D eigenvalue weighted by Gasteiger charge is 2.87. The Hall–Kier alpha value is -0.980. The third-order valence-electron chi connectivity index (χ3n) is 2.44. The minimum Gasteiger partial charge on any atom is -0.396 e. The van der Waals surface area contributed by atoms with Crippen molar-refractivity contribution >= 4 is 17.5 Å². The minimum atomic E-state index is -7.37. The fourth-order valence-corrected chi connectivity index (χ4v) is 1.23. The minimum absolute atomic E-state index is 0.459. The van der Waals surface area contributed by atoms with Gasteiger partial charge in [0.05, 0.1) is 0 Å². The fraction of sp³-hybridized carbons (Fsp3) is 0.889. The molecular formula is C9H8ClF10NO2. The molecule has 1 amide bonds. The molecule has 0 saturated heterocycles. The molecule has 138 valence electrons. The maximum atomic E-state index is 13.1. The molecule has 0 fully saturated rings. The Morgan fingerprint density at radius 2 is 1.30 bits per heavy atom. The molecule has 0 rings (SSSR count). The zero-order valence-corrected chi connectivity index (χ0v) is 11.4. The summed E-state index contributed by atoms with van der Waals surface area (Å²) in [6.07, 6.45) is -0.459. The average Bonchev–Trinajstić information content (AvgIpc) is 2.36. The Balaban J connectivity index is 5.71. The highest BCUT2D eigenvalue weighted by Crippen LogP contribution is 2.57. The van der Waals surface area contributed by atoms with E-state index < -0.39 is 54.6 Å². The van der Waals surface area contributed by atoms with Gasteiger partial charge in [0.15, 0.2) is 0 Å². The Morgan fingerprint density at radius 3 is 1.65 bits per heavy atom. The van der Waals surface area contributed by atoms with Crippen LogP contribution in [0.1, 0.15) is 6.42 Å². The summed E-state index contributed by atoms with van der Waals surface area (Å²) >= 11 is 3.58. The van der Waals surface area contributed by atoms with Crippen LogP contribution in [0.2, 0.25) is 0 Å². The van der Waals surface area contributed by atoms with Crippen molar-refractivity contribution in [3.8, 4) is 0 Å². The monoisotopic (exact) mass is 387 g/mol. The number of hydrogen-bond donors (Lipinski definition) is 2. The van der Waals surface area contributed by atoms with Gasteiger partial charge in [0, 0.05) is 13.2 Å². The van der Waals surface area contributed by atoms with Gasteiger partial charge in [0.1, 0.15) is 0 Å². The SMILES string of the molecule is O=C(NCCCO)C(F)(F)C(F)(F)C(F)(F)C(F)(F)C(F)(F)Cl. The second kappa shape index (κ2) is 6.49.